The molecular formula is C6H5F3N2O2. The Labute approximate surface area is 70.1 Å². The van der Waals surface area contributed by atoms with E-state index in [0.717, 1.165) is 6.07 Å². The fraction of sp³-hybridized carbons (Fsp3) is 0.167. The Kier molecular flexibility index (Phi) is 2.18. The SMILES string of the molecule is Nc1cc(=O)cc(OC(F)(F)F)[nH]1. The van der Waals surface area contributed by atoms with Crippen molar-refractivity contribution >= 4 is 5.82 Å². The van der Waals surface area contributed by atoms with Gasteiger partial charge >= 0.3 is 6.36 Å². The molecule has 0 saturated heterocycles. The molecule has 3 N–H and O–H groups in total. The number of aromatic nitrogens is 1. The summed E-state index contributed by atoms with van der Waals surface area (Å²) in [6.07, 6.45) is -4.84. The highest BCUT2D eigenvalue weighted by molar-refractivity contribution is 5.31. The summed E-state index contributed by atoms with van der Waals surface area (Å²) in [6.45, 7) is 0. The first kappa shape index (κ1) is 9.43. The minimum Gasteiger partial charge on any atom is -0.390 e. The number of halogens is 3. The van der Waals surface area contributed by atoms with Gasteiger partial charge in [0.05, 0.1) is 0 Å². The number of anilines is 1. The first-order valence-corrected chi connectivity index (χ1v) is 3.12. The van der Waals surface area contributed by atoms with Gasteiger partial charge in [0.1, 0.15) is 5.82 Å². The first-order valence-electron chi connectivity index (χ1n) is 3.12. The number of aromatic amines is 1. The van der Waals surface area contributed by atoms with Gasteiger partial charge in [-0.3, -0.25) is 4.79 Å². The van der Waals surface area contributed by atoms with Gasteiger partial charge in [-0.15, -0.1) is 13.2 Å². The molecular weight excluding hydrogens is 189 g/mol. The van der Waals surface area contributed by atoms with E-state index >= 15 is 0 Å². The number of nitrogens with one attached hydrogen (secondary N) is 1. The average molecular weight is 194 g/mol. The van der Waals surface area contributed by atoms with Crippen molar-refractivity contribution in [2.45, 2.75) is 6.36 Å². The van der Waals surface area contributed by atoms with E-state index in [1.54, 1.807) is 0 Å². The Morgan fingerprint density at radius 3 is 2.46 bits per heavy atom. The molecule has 0 aliphatic rings. The molecule has 0 aromatic carbocycles. The molecule has 13 heavy (non-hydrogen) atoms. The van der Waals surface area contributed by atoms with Crippen molar-refractivity contribution in [3.8, 4) is 5.88 Å². The van der Waals surface area contributed by atoms with Gasteiger partial charge in [-0.1, -0.05) is 0 Å². The summed E-state index contributed by atoms with van der Waals surface area (Å²) in [4.78, 5) is 12.7. The van der Waals surface area contributed by atoms with Crippen LogP contribution in [0.25, 0.3) is 0 Å². The molecule has 72 valence electrons. The van der Waals surface area contributed by atoms with Crippen LogP contribution in [0, 0.1) is 0 Å². The molecule has 0 bridgehead atoms. The Bertz CT molecular complexity index is 358. The number of nitrogens with two attached hydrogens (primary N) is 1. The van der Waals surface area contributed by atoms with Crippen molar-refractivity contribution in [2.24, 2.45) is 0 Å². The zero-order valence-corrected chi connectivity index (χ0v) is 6.18. The zero-order valence-electron chi connectivity index (χ0n) is 6.18. The van der Waals surface area contributed by atoms with Crippen LogP contribution in [0.5, 0.6) is 5.88 Å². The summed E-state index contributed by atoms with van der Waals surface area (Å²) in [5.74, 6) is -0.913. The van der Waals surface area contributed by atoms with Crippen molar-refractivity contribution in [2.75, 3.05) is 5.73 Å². The summed E-state index contributed by atoms with van der Waals surface area (Å²) in [6, 6.07) is 1.60. The second-order valence-corrected chi connectivity index (χ2v) is 2.18. The molecule has 1 rings (SSSR count). The van der Waals surface area contributed by atoms with Crippen LogP contribution >= 0.6 is 0 Å². The first-order chi connectivity index (χ1) is 5.87. The Balaban J connectivity index is 2.96. The van der Waals surface area contributed by atoms with Gasteiger partial charge in [0.25, 0.3) is 0 Å². The summed E-state index contributed by atoms with van der Waals surface area (Å²) >= 11 is 0. The number of alkyl halides is 3. The minimum absolute atomic E-state index is 0.188. The summed E-state index contributed by atoms with van der Waals surface area (Å²) in [5.41, 5.74) is 4.42. The molecule has 4 nitrogen and oxygen atoms in total. The van der Waals surface area contributed by atoms with Gasteiger partial charge in [-0.25, -0.2) is 0 Å². The van der Waals surface area contributed by atoms with Crippen molar-refractivity contribution in [1.82, 2.24) is 4.98 Å². The summed E-state index contributed by atoms with van der Waals surface area (Å²) in [7, 11) is 0. The number of ether oxygens (including phenoxy) is 1. The molecule has 0 amide bonds. The second kappa shape index (κ2) is 3.00. The van der Waals surface area contributed by atoms with Gasteiger partial charge in [0, 0.05) is 12.1 Å². The van der Waals surface area contributed by atoms with Crippen LogP contribution in [0.1, 0.15) is 0 Å². The van der Waals surface area contributed by atoms with Crippen LogP contribution in [0.2, 0.25) is 0 Å². The molecule has 1 heterocycles. The third-order valence-corrected chi connectivity index (χ3v) is 1.06. The van der Waals surface area contributed by atoms with Crippen LogP contribution < -0.4 is 15.9 Å². The average Bonchev–Trinajstić information content (AvgIpc) is 1.78. The molecule has 0 unspecified atom stereocenters. The smallest absolute Gasteiger partial charge is 0.390 e. The van der Waals surface area contributed by atoms with Crippen molar-refractivity contribution in [3.05, 3.63) is 22.4 Å². The quantitative estimate of drug-likeness (QED) is 0.696. The number of H-pyrrole nitrogens is 1. The lowest BCUT2D eigenvalue weighted by atomic mass is 10.4. The Morgan fingerprint density at radius 2 is 2.00 bits per heavy atom. The molecule has 0 saturated carbocycles. The Morgan fingerprint density at radius 1 is 1.38 bits per heavy atom. The van der Waals surface area contributed by atoms with Crippen LogP contribution in [0.4, 0.5) is 19.0 Å². The van der Waals surface area contributed by atoms with Gasteiger partial charge in [-0.2, -0.15) is 0 Å². The fourth-order valence-corrected chi connectivity index (χ4v) is 0.718. The number of hydrogen-bond donors (Lipinski definition) is 2. The standard InChI is InChI=1S/C6H5F3N2O2/c7-6(8,9)13-5-2-3(12)1-4(10)11-5/h1-2H,(H3,10,11,12). The molecule has 0 radical (unpaired) electrons. The zero-order chi connectivity index (χ0) is 10.1. The monoisotopic (exact) mass is 194 g/mol. The van der Waals surface area contributed by atoms with E-state index < -0.39 is 17.7 Å². The molecule has 0 fully saturated rings. The number of hydrogen-bond acceptors (Lipinski definition) is 3. The Hall–Kier alpha value is -1.66. The van der Waals surface area contributed by atoms with E-state index in [0.29, 0.717) is 6.07 Å². The molecule has 1 aromatic heterocycles. The lowest BCUT2D eigenvalue weighted by Gasteiger charge is -2.08. The van der Waals surface area contributed by atoms with Crippen molar-refractivity contribution in [1.29, 1.82) is 0 Å². The summed E-state index contributed by atoms with van der Waals surface area (Å²) < 4.78 is 38.3. The molecule has 0 spiro atoms. The number of nitrogen functional groups attached to an aromatic ring is 1. The fourth-order valence-electron chi connectivity index (χ4n) is 0.718. The van der Waals surface area contributed by atoms with Crippen molar-refractivity contribution in [3.63, 3.8) is 0 Å². The van der Waals surface area contributed by atoms with Gasteiger partial charge < -0.3 is 15.5 Å². The normalized spacial score (nSPS) is 11.3. The van der Waals surface area contributed by atoms with Crippen molar-refractivity contribution < 1.29 is 17.9 Å². The van der Waals surface area contributed by atoms with Gasteiger partial charge in [0.15, 0.2) is 5.43 Å². The molecule has 1 aromatic rings. The third kappa shape index (κ3) is 3.06. The van der Waals surface area contributed by atoms with Crippen LogP contribution in [-0.4, -0.2) is 11.3 Å². The van der Waals surface area contributed by atoms with Crippen LogP contribution in [-0.2, 0) is 0 Å². The van der Waals surface area contributed by atoms with Crippen LogP contribution in [0.15, 0.2) is 16.9 Å². The maximum Gasteiger partial charge on any atom is 0.574 e. The van der Waals surface area contributed by atoms with E-state index in [-0.39, 0.29) is 5.82 Å². The van der Waals surface area contributed by atoms with Gasteiger partial charge in [-0.05, 0) is 0 Å². The van der Waals surface area contributed by atoms with Gasteiger partial charge in [0.2, 0.25) is 5.88 Å². The van der Waals surface area contributed by atoms with E-state index in [1.165, 1.54) is 0 Å². The van der Waals surface area contributed by atoms with E-state index in [2.05, 4.69) is 4.74 Å². The van der Waals surface area contributed by atoms with Crippen LogP contribution in [0.3, 0.4) is 0 Å². The van der Waals surface area contributed by atoms with E-state index in [9.17, 15) is 18.0 Å². The second-order valence-electron chi connectivity index (χ2n) is 2.18. The predicted molar refractivity (Wildman–Crippen MR) is 38.2 cm³/mol. The highest BCUT2D eigenvalue weighted by Crippen LogP contribution is 2.19. The topological polar surface area (TPSA) is 68.1 Å². The molecule has 0 aliphatic carbocycles. The highest BCUT2D eigenvalue weighted by atomic mass is 19.4. The highest BCUT2D eigenvalue weighted by Gasteiger charge is 2.31. The number of rotatable bonds is 1. The van der Waals surface area contributed by atoms with E-state index in [1.807, 2.05) is 4.98 Å². The minimum atomic E-state index is -4.84. The maximum atomic E-state index is 11.6. The maximum absolute atomic E-state index is 11.6. The predicted octanol–water partition coefficient (Wildman–Crippen LogP) is 0.856. The summed E-state index contributed by atoms with van der Waals surface area (Å²) in [5, 5.41) is 0. The lowest BCUT2D eigenvalue weighted by molar-refractivity contribution is -0.276. The largest absolute Gasteiger partial charge is 0.574 e. The lowest BCUT2D eigenvalue weighted by Crippen LogP contribution is -2.19. The third-order valence-electron chi connectivity index (χ3n) is 1.06. The van der Waals surface area contributed by atoms with E-state index in [4.69, 9.17) is 5.73 Å². The molecule has 0 aliphatic heterocycles. The molecule has 0 atom stereocenters. The molecule has 7 heteroatoms. The number of pyridine rings is 1.